The second-order valence-corrected chi connectivity index (χ2v) is 21.5. The molecule has 11 N–H and O–H groups in total. The maximum absolute atomic E-state index is 9.96. The van der Waals surface area contributed by atoms with Crippen molar-refractivity contribution >= 4 is 144 Å². The van der Waals surface area contributed by atoms with E-state index < -0.39 is 11.4 Å². The summed E-state index contributed by atoms with van der Waals surface area (Å²) in [5.74, 6) is 2.50. The van der Waals surface area contributed by atoms with Crippen LogP contribution in [0.2, 0.25) is 5.15 Å². The number of alkyl halides is 4. The Balaban J connectivity index is 0.000000252. The Hall–Kier alpha value is -10.9. The molecule has 0 saturated carbocycles. The molecule has 0 aliphatic carbocycles. The molecule has 0 bridgehead atoms. The van der Waals surface area contributed by atoms with Gasteiger partial charge in [0.15, 0.2) is 26.4 Å². The number of nitrogens with two attached hydrogens (primary N) is 3. The summed E-state index contributed by atoms with van der Waals surface area (Å²) in [6.45, 7) is 13.2. The number of hydrogen-bond acceptors (Lipinski definition) is 27. The highest BCUT2D eigenvalue weighted by Crippen LogP contribution is 2.37. The van der Waals surface area contributed by atoms with Gasteiger partial charge in [0.25, 0.3) is 5.69 Å². The Kier molecular flexibility index (Phi) is 28.8. The molecule has 33 nitrogen and oxygen atoms in total. The first-order chi connectivity index (χ1) is 46.1. The van der Waals surface area contributed by atoms with Gasteiger partial charge in [-0.25, -0.2) is 63.2 Å². The lowest BCUT2D eigenvalue weighted by molar-refractivity contribution is 0.636. The number of anilines is 6. The lowest BCUT2D eigenvalue weighted by atomic mass is 10.0. The van der Waals surface area contributed by atoms with Crippen LogP contribution in [0.25, 0.3) is 78.7 Å². The highest BCUT2D eigenvalue weighted by molar-refractivity contribution is 7.59. The number of tetrazole rings is 2. The molecule has 0 fully saturated rings. The van der Waals surface area contributed by atoms with Gasteiger partial charge in [0, 0.05) is 60.1 Å². The number of fused-ring (bicyclic) bond motifs is 3. The number of nitrogens with one attached hydrogen (secondary N) is 5. The Morgan fingerprint density at radius 2 is 0.919 bits per heavy atom. The minimum absolute atomic E-state index is 0. The zero-order valence-corrected chi connectivity index (χ0v) is 56.6. The Morgan fingerprint density at radius 1 is 0.535 bits per heavy atom. The normalized spacial score (nSPS) is 11.3. The molecular formula is C58H64Cl4FN33S3. The number of imidazole rings is 3. The van der Waals surface area contributed by atoms with E-state index in [0.29, 0.717) is 67.9 Å². The number of nitrogen functional groups attached to an aromatic ring is 3. The highest BCUT2D eigenvalue weighted by atomic mass is 35.6. The van der Waals surface area contributed by atoms with E-state index >= 15 is 0 Å². The number of pyridine rings is 3. The van der Waals surface area contributed by atoms with Crippen LogP contribution in [-0.2, 0) is 0 Å². The number of H-pyrrole nitrogens is 2. The molecule has 0 amide bonds. The zero-order chi connectivity index (χ0) is 67.0. The van der Waals surface area contributed by atoms with Gasteiger partial charge in [-0.1, -0.05) is 79.5 Å². The summed E-state index contributed by atoms with van der Waals surface area (Å²) < 4.78 is 19.7. The summed E-state index contributed by atoms with van der Waals surface area (Å²) in [6, 6.07) is 22.0. The highest BCUT2D eigenvalue weighted by Gasteiger charge is 2.25. The minimum Gasteiger partial charge on any atom is -0.392 e. The third-order valence-corrected chi connectivity index (χ3v) is 13.6. The smallest absolute Gasteiger partial charge is 0.268 e. The van der Waals surface area contributed by atoms with Crippen LogP contribution in [0.3, 0.4) is 0 Å². The zero-order valence-electron chi connectivity index (χ0n) is 51.6. The first-order valence-corrected chi connectivity index (χ1v) is 29.0. The average molecular weight is 1480 g/mol. The van der Waals surface area contributed by atoms with Crippen LogP contribution in [0.5, 0.6) is 0 Å². The second kappa shape index (κ2) is 37.0. The number of nitrogens with zero attached hydrogens (tertiary/aromatic N) is 25. The van der Waals surface area contributed by atoms with Crippen molar-refractivity contribution in [3.8, 4) is 56.9 Å². The quantitative estimate of drug-likeness (QED) is 0.0370. The lowest BCUT2D eigenvalue weighted by Crippen LogP contribution is -2.14. The Bertz CT molecular complexity index is 4870. The third kappa shape index (κ3) is 18.6. The van der Waals surface area contributed by atoms with Crippen LogP contribution >= 0.6 is 86.9 Å². The van der Waals surface area contributed by atoms with E-state index in [0.717, 1.165) is 39.4 Å². The van der Waals surface area contributed by atoms with E-state index in [1.165, 1.54) is 19.0 Å². The van der Waals surface area contributed by atoms with Gasteiger partial charge >= 0.3 is 0 Å². The molecule has 0 aliphatic heterocycles. The predicted molar refractivity (Wildman–Crippen MR) is 395 cm³/mol. The Labute approximate surface area is 606 Å². The fraction of sp³-hybridized carbons (Fsp3) is 0.172. The van der Waals surface area contributed by atoms with Crippen molar-refractivity contribution in [2.24, 2.45) is 0 Å². The average Bonchev–Trinajstić information content (AvgIpc) is 1.46. The van der Waals surface area contributed by atoms with E-state index in [4.69, 9.17) is 76.6 Å². The molecule has 14 aromatic rings. The van der Waals surface area contributed by atoms with E-state index in [1.54, 1.807) is 63.1 Å². The summed E-state index contributed by atoms with van der Waals surface area (Å²) in [6.07, 6.45) is 17.7. The standard InChI is InChI=1S/C18H15ClN12.C18H16N12.C18H15N9.CHCl3.CH3F.2CH4.3H2S/c1-9(25-17-14(16(20)23-8-24-17)18-26-29-30-27-18)10-6-13-22-7-12(19)31(13)28-15(10)11-4-2-3-5-21-11;1-10(24-17-14(16(19)22-9-23-17)18-25-28-29-26-18)11-8-13-21-6-7-30(13)27-15(11)12-4-2-3-5-20-12;1-11(25-18-16(20-2)17(19)23-10-24-18)12-9-14-22-7-8-27(14)26-15(12)13-5-3-4-6-21-13;2-1(3)4;1-2;;;;;/h2-9H,1H3,(H3,20,23,24,25)(H,26,27,29,30);2-10H,1H3,(H3,19,22,23,24)(H,25,26,28,29);3-11H,1H3,(H3,19,23,24,25);1H;1H3;2*1H4;3*1H2/i;;;;1D;;;;;. The van der Waals surface area contributed by atoms with E-state index in [9.17, 15) is 4.39 Å². The first kappa shape index (κ1) is 77.1. The van der Waals surface area contributed by atoms with Crippen molar-refractivity contribution in [1.29, 1.82) is 0 Å². The van der Waals surface area contributed by atoms with Gasteiger partial charge < -0.3 is 33.2 Å². The summed E-state index contributed by atoms with van der Waals surface area (Å²) in [5.41, 5.74) is 27.9. The van der Waals surface area contributed by atoms with Crippen LogP contribution in [0.15, 0.2) is 141 Å². The molecule has 99 heavy (non-hydrogen) atoms. The monoisotopic (exact) mass is 1480 g/mol. The first-order valence-electron chi connectivity index (χ1n) is 28.1. The van der Waals surface area contributed by atoms with Gasteiger partial charge in [-0.15, -0.1) is 20.4 Å². The van der Waals surface area contributed by atoms with E-state index in [1.807, 2.05) is 93.6 Å². The molecule has 14 rings (SSSR count). The van der Waals surface area contributed by atoms with Gasteiger partial charge in [-0.2, -0.15) is 66.2 Å². The molecule has 0 spiro atoms. The summed E-state index contributed by atoms with van der Waals surface area (Å²) in [7, 11) is -1.00. The molecule has 0 saturated heterocycles. The number of aromatic amines is 2. The van der Waals surface area contributed by atoms with Crippen LogP contribution in [0.1, 0.15) is 71.8 Å². The van der Waals surface area contributed by atoms with Gasteiger partial charge in [0.2, 0.25) is 11.6 Å². The van der Waals surface area contributed by atoms with Gasteiger partial charge in [0.05, 0.1) is 56.5 Å². The largest absolute Gasteiger partial charge is 0.392 e. The number of hydrogen-bond donors (Lipinski definition) is 8. The lowest BCUT2D eigenvalue weighted by Gasteiger charge is -2.19. The number of aromatic nitrogens is 26. The fourth-order valence-electron chi connectivity index (χ4n) is 9.19. The van der Waals surface area contributed by atoms with Crippen molar-refractivity contribution in [1.82, 2.24) is 130 Å². The van der Waals surface area contributed by atoms with E-state index in [2.05, 4.69) is 132 Å². The number of halogens is 5. The van der Waals surface area contributed by atoms with Crippen LogP contribution < -0.4 is 33.2 Å². The molecule has 514 valence electrons. The van der Waals surface area contributed by atoms with Crippen molar-refractivity contribution in [2.45, 2.75) is 58.0 Å². The summed E-state index contributed by atoms with van der Waals surface area (Å²) in [4.78, 5) is 54.5. The topological polar surface area (TPSA) is 434 Å². The van der Waals surface area contributed by atoms with Crippen LogP contribution in [0, 0.1) is 6.57 Å². The SMILES string of the molecule is C.C.CC(Nc1ncnc(N)c1-c1nn[nH]n1)c1cc2ncc(Cl)n2nc1-c1ccccn1.CC(Nc1ncnc(N)c1-c1nn[nH]n1)c1cc2nccn2nc1-c1ccccn1.ClC(Cl)Cl.S.S.S.[2H]CF.[C-]#[N+]c1c(N)ncnc1NC(C)c1cc2nccn2nc1-c1ccccn1. The fourth-order valence-corrected chi connectivity index (χ4v) is 9.36. The molecule has 3 atom stereocenters. The second-order valence-electron chi connectivity index (χ2n) is 19.2. The summed E-state index contributed by atoms with van der Waals surface area (Å²) >= 11 is 20.7. The molecule has 0 aliphatic rings. The third-order valence-electron chi connectivity index (χ3n) is 13.3. The molecular weight excluding hydrogens is 1420 g/mol. The maximum Gasteiger partial charge on any atom is 0.268 e. The van der Waals surface area contributed by atoms with Gasteiger partial charge in [0.1, 0.15) is 82.1 Å². The number of rotatable bonds is 14. The van der Waals surface area contributed by atoms with Crippen molar-refractivity contribution in [2.75, 3.05) is 40.3 Å². The minimum atomic E-state index is -1.00. The molecule has 41 heteroatoms. The Morgan fingerprint density at radius 3 is 1.30 bits per heavy atom. The van der Waals surface area contributed by atoms with Crippen LogP contribution in [-0.4, -0.2) is 141 Å². The molecule has 14 heterocycles. The van der Waals surface area contributed by atoms with Crippen molar-refractivity contribution in [3.63, 3.8) is 0 Å². The van der Waals surface area contributed by atoms with Crippen LogP contribution in [0.4, 0.5) is 45.0 Å². The van der Waals surface area contributed by atoms with Gasteiger partial charge in [-0.3, -0.25) is 19.3 Å². The maximum atomic E-state index is 9.96. The van der Waals surface area contributed by atoms with Gasteiger partial charge in [-0.05, 0) is 85.8 Å². The predicted octanol–water partition coefficient (Wildman–Crippen LogP) is 10.8. The van der Waals surface area contributed by atoms with Crippen molar-refractivity contribution in [3.05, 3.63) is 175 Å². The molecule has 3 unspecified atom stereocenters. The summed E-state index contributed by atoms with van der Waals surface area (Å²) in [5, 5.41) is 52.4. The molecule has 14 aromatic heterocycles. The molecule has 0 aromatic carbocycles. The van der Waals surface area contributed by atoms with Crippen molar-refractivity contribution < 1.29 is 5.76 Å². The van der Waals surface area contributed by atoms with E-state index in [-0.39, 0.29) is 102 Å². The molecule has 0 radical (unpaired) electrons.